The average Bonchev–Trinajstić information content (AvgIpc) is 2.50. The number of nitrogens with zero attached hydrogens (tertiary/aromatic N) is 1. The van der Waals surface area contributed by atoms with Crippen LogP contribution in [-0.2, 0) is 14.3 Å². The van der Waals surface area contributed by atoms with Crippen LogP contribution in [-0.4, -0.2) is 30.6 Å². The van der Waals surface area contributed by atoms with E-state index < -0.39 is 24.0 Å². The van der Waals surface area contributed by atoms with Crippen molar-refractivity contribution in [1.82, 2.24) is 5.32 Å². The zero-order chi connectivity index (χ0) is 17.5. The molecule has 7 heteroatoms. The van der Waals surface area contributed by atoms with Crippen molar-refractivity contribution in [3.63, 3.8) is 0 Å². The molecule has 0 aliphatic heterocycles. The van der Waals surface area contributed by atoms with Crippen LogP contribution >= 0.6 is 15.9 Å². The number of amides is 1. The first-order valence-corrected chi connectivity index (χ1v) is 7.82. The van der Waals surface area contributed by atoms with E-state index >= 15 is 0 Å². The van der Waals surface area contributed by atoms with Crippen LogP contribution in [0.2, 0.25) is 0 Å². The van der Waals surface area contributed by atoms with Gasteiger partial charge in [-0.25, -0.2) is 4.79 Å². The van der Waals surface area contributed by atoms with Gasteiger partial charge in [0.15, 0.2) is 13.2 Å². The van der Waals surface area contributed by atoms with E-state index in [1.165, 1.54) is 0 Å². The van der Waals surface area contributed by atoms with E-state index in [0.29, 0.717) is 5.75 Å². The molecule has 6 nitrogen and oxygen atoms in total. The third-order valence-electron chi connectivity index (χ3n) is 3.30. The molecule has 0 aromatic heterocycles. The molecule has 0 radical (unpaired) electrons. The highest BCUT2D eigenvalue weighted by molar-refractivity contribution is 9.10. The minimum Gasteiger partial charge on any atom is -0.482 e. The molecular weight excluding hydrogens is 364 g/mol. The number of hydrogen-bond acceptors (Lipinski definition) is 5. The summed E-state index contributed by atoms with van der Waals surface area (Å²) in [4.78, 5) is 23.3. The Kier molecular flexibility index (Phi) is 7.04. The Morgan fingerprint density at radius 3 is 2.65 bits per heavy atom. The van der Waals surface area contributed by atoms with Gasteiger partial charge >= 0.3 is 5.97 Å². The zero-order valence-electron chi connectivity index (χ0n) is 13.3. The molecule has 0 unspecified atom stereocenters. The number of benzene rings is 1. The summed E-state index contributed by atoms with van der Waals surface area (Å²) in [6.45, 7) is 4.50. The maximum absolute atomic E-state index is 11.8. The van der Waals surface area contributed by atoms with Crippen LogP contribution in [0.15, 0.2) is 28.7 Å². The Bertz CT molecular complexity index is 612. The van der Waals surface area contributed by atoms with Crippen molar-refractivity contribution >= 4 is 27.8 Å². The summed E-state index contributed by atoms with van der Waals surface area (Å²) in [5.74, 6) is -0.758. The van der Waals surface area contributed by atoms with E-state index in [9.17, 15) is 9.59 Å². The van der Waals surface area contributed by atoms with E-state index in [1.54, 1.807) is 25.1 Å². The van der Waals surface area contributed by atoms with Gasteiger partial charge in [-0.3, -0.25) is 4.79 Å². The lowest BCUT2D eigenvalue weighted by atomic mass is 9.90. The highest BCUT2D eigenvalue weighted by atomic mass is 79.9. The van der Waals surface area contributed by atoms with Crippen molar-refractivity contribution in [1.29, 1.82) is 5.26 Å². The van der Waals surface area contributed by atoms with Crippen molar-refractivity contribution in [2.45, 2.75) is 26.3 Å². The minimum absolute atomic E-state index is 0.0768. The zero-order valence-corrected chi connectivity index (χ0v) is 14.8. The minimum atomic E-state index is -1.00. The fourth-order valence-corrected chi connectivity index (χ4v) is 1.89. The Hall–Kier alpha value is -2.07. The molecule has 0 spiro atoms. The molecule has 1 amide bonds. The standard InChI is InChI=1S/C16H19BrN2O4/c1-11(2)16(3,10-18)19-14(20)8-23-15(21)9-22-13-6-4-5-12(17)7-13/h4-7,11H,8-9H2,1-3H3,(H,19,20)/t16-/m1/s1. The Morgan fingerprint density at radius 1 is 1.39 bits per heavy atom. The predicted molar refractivity (Wildman–Crippen MR) is 87.6 cm³/mol. The van der Waals surface area contributed by atoms with E-state index in [0.717, 1.165) is 4.47 Å². The van der Waals surface area contributed by atoms with Crippen molar-refractivity contribution in [3.05, 3.63) is 28.7 Å². The topological polar surface area (TPSA) is 88.4 Å². The Balaban J connectivity index is 2.38. The van der Waals surface area contributed by atoms with Gasteiger partial charge in [0, 0.05) is 4.47 Å². The van der Waals surface area contributed by atoms with E-state index in [4.69, 9.17) is 14.7 Å². The van der Waals surface area contributed by atoms with Crippen molar-refractivity contribution < 1.29 is 19.1 Å². The fourth-order valence-electron chi connectivity index (χ4n) is 1.51. The monoisotopic (exact) mass is 382 g/mol. The molecule has 0 fully saturated rings. The fraction of sp³-hybridized carbons (Fsp3) is 0.438. The van der Waals surface area contributed by atoms with Gasteiger partial charge in [0.25, 0.3) is 5.91 Å². The average molecular weight is 383 g/mol. The van der Waals surface area contributed by atoms with Gasteiger partial charge in [-0.15, -0.1) is 0 Å². The first-order chi connectivity index (χ1) is 10.8. The number of nitriles is 1. The number of nitrogens with one attached hydrogen (secondary N) is 1. The SMILES string of the molecule is CC(C)[C@@](C)(C#N)NC(=O)COC(=O)COc1cccc(Br)c1. The molecule has 1 rings (SSSR count). The lowest BCUT2D eigenvalue weighted by Crippen LogP contribution is -2.50. The molecule has 0 bridgehead atoms. The summed E-state index contributed by atoms with van der Waals surface area (Å²) in [7, 11) is 0. The summed E-state index contributed by atoms with van der Waals surface area (Å²) in [5.41, 5.74) is -1.00. The molecular formula is C16H19BrN2O4. The second-order valence-corrected chi connectivity index (χ2v) is 6.34. The maximum Gasteiger partial charge on any atom is 0.344 e. The molecule has 124 valence electrons. The van der Waals surface area contributed by atoms with Gasteiger partial charge < -0.3 is 14.8 Å². The normalized spacial score (nSPS) is 12.9. The van der Waals surface area contributed by atoms with Crippen molar-refractivity contribution in [2.75, 3.05) is 13.2 Å². The second-order valence-electron chi connectivity index (χ2n) is 5.42. The van der Waals surface area contributed by atoms with Crippen LogP contribution in [0.3, 0.4) is 0 Å². The molecule has 1 N–H and O–H groups in total. The summed E-state index contributed by atoms with van der Waals surface area (Å²) in [5, 5.41) is 11.7. The summed E-state index contributed by atoms with van der Waals surface area (Å²) in [6, 6.07) is 9.06. The molecule has 0 heterocycles. The third kappa shape index (κ3) is 6.28. The van der Waals surface area contributed by atoms with Gasteiger partial charge in [0.1, 0.15) is 11.3 Å². The smallest absolute Gasteiger partial charge is 0.344 e. The van der Waals surface area contributed by atoms with Gasteiger partial charge in [-0.05, 0) is 31.0 Å². The lowest BCUT2D eigenvalue weighted by Gasteiger charge is -2.27. The second kappa shape index (κ2) is 8.53. The molecule has 23 heavy (non-hydrogen) atoms. The molecule has 1 atom stereocenters. The number of ether oxygens (including phenoxy) is 2. The van der Waals surface area contributed by atoms with E-state index in [-0.39, 0.29) is 12.5 Å². The molecule has 0 saturated carbocycles. The predicted octanol–water partition coefficient (Wildman–Crippen LogP) is 2.43. The molecule has 1 aromatic carbocycles. The first-order valence-electron chi connectivity index (χ1n) is 7.03. The molecule has 0 aliphatic rings. The Labute approximate surface area is 143 Å². The number of rotatable bonds is 7. The van der Waals surface area contributed by atoms with Gasteiger partial charge in [-0.2, -0.15) is 5.26 Å². The molecule has 1 aromatic rings. The van der Waals surface area contributed by atoms with E-state index in [1.807, 2.05) is 26.0 Å². The van der Waals surface area contributed by atoms with Crippen LogP contribution in [0.4, 0.5) is 0 Å². The highest BCUT2D eigenvalue weighted by Crippen LogP contribution is 2.17. The summed E-state index contributed by atoms with van der Waals surface area (Å²) in [6.07, 6.45) is 0. The quantitative estimate of drug-likeness (QED) is 0.731. The molecule has 0 saturated heterocycles. The van der Waals surface area contributed by atoms with Crippen LogP contribution in [0.25, 0.3) is 0 Å². The van der Waals surface area contributed by atoms with Crippen LogP contribution in [0.1, 0.15) is 20.8 Å². The largest absolute Gasteiger partial charge is 0.482 e. The van der Waals surface area contributed by atoms with Crippen LogP contribution < -0.4 is 10.1 Å². The van der Waals surface area contributed by atoms with Gasteiger partial charge in [0.2, 0.25) is 0 Å². The number of halogens is 1. The molecule has 0 aliphatic carbocycles. The highest BCUT2D eigenvalue weighted by Gasteiger charge is 2.30. The van der Waals surface area contributed by atoms with Crippen LogP contribution in [0.5, 0.6) is 5.75 Å². The van der Waals surface area contributed by atoms with Gasteiger partial charge in [0.05, 0.1) is 6.07 Å². The van der Waals surface area contributed by atoms with E-state index in [2.05, 4.69) is 21.2 Å². The van der Waals surface area contributed by atoms with Crippen molar-refractivity contribution in [2.24, 2.45) is 5.92 Å². The Morgan fingerprint density at radius 2 is 2.09 bits per heavy atom. The number of hydrogen-bond donors (Lipinski definition) is 1. The number of carbonyl (C=O) groups is 2. The van der Waals surface area contributed by atoms with Gasteiger partial charge in [-0.1, -0.05) is 35.8 Å². The van der Waals surface area contributed by atoms with Crippen LogP contribution in [0, 0.1) is 17.2 Å². The summed E-state index contributed by atoms with van der Waals surface area (Å²) >= 11 is 3.29. The summed E-state index contributed by atoms with van der Waals surface area (Å²) < 4.78 is 10.9. The number of esters is 1. The number of carbonyl (C=O) groups excluding carboxylic acids is 2. The lowest BCUT2D eigenvalue weighted by molar-refractivity contribution is -0.150. The maximum atomic E-state index is 11.8. The van der Waals surface area contributed by atoms with Crippen molar-refractivity contribution in [3.8, 4) is 11.8 Å². The first kappa shape index (κ1) is 19.0. The third-order valence-corrected chi connectivity index (χ3v) is 3.80.